The summed E-state index contributed by atoms with van der Waals surface area (Å²) < 4.78 is 45.9. The Bertz CT molecular complexity index is 587. The average molecular weight is 338 g/mol. The van der Waals surface area contributed by atoms with Crippen molar-refractivity contribution >= 4 is 5.97 Å². The molecular weight excluding hydrogens is 321 g/mol. The van der Waals surface area contributed by atoms with Crippen molar-refractivity contribution in [3.8, 4) is 0 Å². The third kappa shape index (κ3) is 6.04. The first-order valence-electron chi connectivity index (χ1n) is 7.39. The summed E-state index contributed by atoms with van der Waals surface area (Å²) in [4.78, 5) is 11.9. The molecule has 0 heterocycles. The van der Waals surface area contributed by atoms with Gasteiger partial charge in [0, 0.05) is 0 Å². The molecule has 6 heteroatoms. The molecule has 24 heavy (non-hydrogen) atoms. The van der Waals surface area contributed by atoms with Gasteiger partial charge in [0.2, 0.25) is 0 Å². The molecule has 0 aliphatic rings. The van der Waals surface area contributed by atoms with Gasteiger partial charge in [-0.1, -0.05) is 60.7 Å². The molecule has 0 saturated carbocycles. The summed E-state index contributed by atoms with van der Waals surface area (Å²) in [6.45, 7) is -1.71. The van der Waals surface area contributed by atoms with Crippen LogP contribution in [0, 0.1) is 0 Å². The number of benzene rings is 2. The molecule has 2 aromatic rings. The van der Waals surface area contributed by atoms with Crippen LogP contribution in [-0.2, 0) is 14.3 Å². The molecule has 0 fully saturated rings. The van der Waals surface area contributed by atoms with Crippen LogP contribution in [0.25, 0.3) is 0 Å². The van der Waals surface area contributed by atoms with Crippen LogP contribution in [-0.4, -0.2) is 25.4 Å². The van der Waals surface area contributed by atoms with Crippen LogP contribution >= 0.6 is 0 Å². The second-order valence-electron chi connectivity index (χ2n) is 5.11. The fourth-order valence-electron chi connectivity index (χ4n) is 2.12. The van der Waals surface area contributed by atoms with E-state index >= 15 is 0 Å². The number of rotatable bonds is 7. The lowest BCUT2D eigenvalue weighted by atomic mass is 10.0. The van der Waals surface area contributed by atoms with E-state index in [0.717, 1.165) is 11.1 Å². The van der Waals surface area contributed by atoms with E-state index in [2.05, 4.69) is 4.74 Å². The smallest absolute Gasteiger partial charge is 0.411 e. The first-order chi connectivity index (χ1) is 11.5. The van der Waals surface area contributed by atoms with Crippen LogP contribution in [0.15, 0.2) is 60.7 Å². The fraction of sp³-hybridized carbons (Fsp3) is 0.278. The largest absolute Gasteiger partial charge is 0.452 e. The number of hydrogen-bond acceptors (Lipinski definition) is 3. The highest BCUT2D eigenvalue weighted by Gasteiger charge is 2.27. The van der Waals surface area contributed by atoms with E-state index in [4.69, 9.17) is 4.74 Å². The molecule has 0 saturated heterocycles. The third-order valence-electron chi connectivity index (χ3n) is 3.17. The lowest BCUT2D eigenvalue weighted by molar-refractivity contribution is -0.177. The fourth-order valence-corrected chi connectivity index (χ4v) is 2.12. The number of esters is 1. The van der Waals surface area contributed by atoms with Gasteiger partial charge in [-0.2, -0.15) is 13.2 Å². The van der Waals surface area contributed by atoms with Crippen LogP contribution < -0.4 is 0 Å². The predicted octanol–water partition coefficient (Wildman–Crippen LogP) is 4.29. The molecule has 0 radical (unpaired) electrons. The minimum atomic E-state index is -4.40. The lowest BCUT2D eigenvalue weighted by Crippen LogP contribution is -2.19. The molecule has 128 valence electrons. The Balaban J connectivity index is 1.97. The highest BCUT2D eigenvalue weighted by molar-refractivity contribution is 5.70. The van der Waals surface area contributed by atoms with Crippen LogP contribution in [0.4, 0.5) is 13.2 Å². The molecule has 0 unspecified atom stereocenters. The van der Waals surface area contributed by atoms with Crippen molar-refractivity contribution in [2.75, 3.05) is 13.2 Å². The van der Waals surface area contributed by atoms with E-state index in [1.807, 2.05) is 60.7 Å². The number of alkyl halides is 3. The summed E-state index contributed by atoms with van der Waals surface area (Å²) in [5, 5.41) is 0. The quantitative estimate of drug-likeness (QED) is 0.558. The van der Waals surface area contributed by atoms with Crippen molar-refractivity contribution in [2.45, 2.75) is 18.7 Å². The van der Waals surface area contributed by atoms with Crippen molar-refractivity contribution in [1.29, 1.82) is 0 Å². The maximum atomic E-state index is 12.0. The van der Waals surface area contributed by atoms with Gasteiger partial charge < -0.3 is 9.47 Å². The maximum Gasteiger partial charge on any atom is 0.411 e. The highest BCUT2D eigenvalue weighted by atomic mass is 19.4. The zero-order chi connectivity index (χ0) is 17.4. The molecule has 0 aliphatic heterocycles. The molecule has 0 amide bonds. The van der Waals surface area contributed by atoms with Crippen molar-refractivity contribution in [2.24, 2.45) is 0 Å². The Morgan fingerprint density at radius 1 is 0.917 bits per heavy atom. The first kappa shape index (κ1) is 18.0. The van der Waals surface area contributed by atoms with E-state index in [9.17, 15) is 18.0 Å². The van der Waals surface area contributed by atoms with E-state index in [1.54, 1.807) is 0 Å². The number of halogens is 3. The molecular formula is C18H17F3O3. The summed E-state index contributed by atoms with van der Waals surface area (Å²) in [6, 6.07) is 18.3. The molecule has 0 bridgehead atoms. The van der Waals surface area contributed by atoms with Crippen LogP contribution in [0.3, 0.4) is 0 Å². The van der Waals surface area contributed by atoms with Gasteiger partial charge >= 0.3 is 12.1 Å². The van der Waals surface area contributed by atoms with E-state index in [1.165, 1.54) is 0 Å². The Hall–Kier alpha value is -2.34. The van der Waals surface area contributed by atoms with Gasteiger partial charge in [0.1, 0.15) is 6.61 Å². The molecule has 0 aliphatic carbocycles. The molecule has 0 atom stereocenters. The highest BCUT2D eigenvalue weighted by Crippen LogP contribution is 2.26. The summed E-state index contributed by atoms with van der Waals surface area (Å²) in [5.74, 6) is -0.616. The molecule has 3 nitrogen and oxygen atoms in total. The van der Waals surface area contributed by atoms with E-state index in [0.29, 0.717) is 0 Å². The summed E-state index contributed by atoms with van der Waals surface area (Å²) >= 11 is 0. The summed E-state index contributed by atoms with van der Waals surface area (Å²) in [6.07, 6.45) is -5.25. The molecule has 0 N–H and O–H groups in total. The second-order valence-corrected chi connectivity index (χ2v) is 5.11. The van der Waals surface area contributed by atoms with Gasteiger partial charge in [-0.15, -0.1) is 0 Å². The van der Waals surface area contributed by atoms with Gasteiger partial charge in [0.25, 0.3) is 0 Å². The maximum absolute atomic E-state index is 12.0. The third-order valence-corrected chi connectivity index (χ3v) is 3.17. The normalized spacial score (nSPS) is 11.5. The molecule has 0 aromatic heterocycles. The Kier molecular flexibility index (Phi) is 6.37. The van der Waals surface area contributed by atoms with Gasteiger partial charge in [0.05, 0.1) is 13.0 Å². The topological polar surface area (TPSA) is 35.5 Å². The first-order valence-corrected chi connectivity index (χ1v) is 7.39. The van der Waals surface area contributed by atoms with Gasteiger partial charge in [-0.05, 0) is 11.1 Å². The van der Waals surface area contributed by atoms with Crippen LogP contribution in [0.2, 0.25) is 0 Å². The van der Waals surface area contributed by atoms with Gasteiger partial charge in [-0.3, -0.25) is 4.79 Å². The minimum absolute atomic E-state index is 0.244. The van der Waals surface area contributed by atoms with Crippen LogP contribution in [0.5, 0.6) is 0 Å². The van der Waals surface area contributed by atoms with E-state index < -0.39 is 24.9 Å². The summed E-state index contributed by atoms with van der Waals surface area (Å²) in [5.41, 5.74) is 1.57. The standard InChI is InChI=1S/C18H17F3O3/c19-18(20,21)13-23-12-11-16(22)24-17(14-7-3-1-4-8-14)15-9-5-2-6-10-15/h1-10,17H,11-13H2. The Labute approximate surface area is 138 Å². The zero-order valence-corrected chi connectivity index (χ0v) is 12.8. The Morgan fingerprint density at radius 2 is 1.42 bits per heavy atom. The number of carbonyl (C=O) groups excluding carboxylic acids is 1. The Morgan fingerprint density at radius 3 is 1.88 bits per heavy atom. The lowest BCUT2D eigenvalue weighted by Gasteiger charge is -2.19. The van der Waals surface area contributed by atoms with E-state index in [-0.39, 0.29) is 13.0 Å². The average Bonchev–Trinajstić information content (AvgIpc) is 2.57. The molecule has 2 aromatic carbocycles. The summed E-state index contributed by atoms with van der Waals surface area (Å²) in [7, 11) is 0. The monoisotopic (exact) mass is 338 g/mol. The van der Waals surface area contributed by atoms with Crippen molar-refractivity contribution < 1.29 is 27.4 Å². The van der Waals surface area contributed by atoms with Crippen molar-refractivity contribution in [1.82, 2.24) is 0 Å². The van der Waals surface area contributed by atoms with Crippen LogP contribution in [0.1, 0.15) is 23.7 Å². The number of ether oxygens (including phenoxy) is 2. The SMILES string of the molecule is O=C(CCOCC(F)(F)F)OC(c1ccccc1)c1ccccc1. The zero-order valence-electron chi connectivity index (χ0n) is 12.8. The minimum Gasteiger partial charge on any atom is -0.452 e. The van der Waals surface area contributed by atoms with Crippen molar-refractivity contribution in [3.63, 3.8) is 0 Å². The number of hydrogen-bond donors (Lipinski definition) is 0. The second kappa shape index (κ2) is 8.49. The molecule has 2 rings (SSSR count). The molecule has 0 spiro atoms. The van der Waals surface area contributed by atoms with Gasteiger partial charge in [-0.25, -0.2) is 0 Å². The predicted molar refractivity (Wildman–Crippen MR) is 82.3 cm³/mol. The van der Waals surface area contributed by atoms with Gasteiger partial charge in [0.15, 0.2) is 6.10 Å². The van der Waals surface area contributed by atoms with Crippen molar-refractivity contribution in [3.05, 3.63) is 71.8 Å². The number of carbonyl (C=O) groups is 1.